The molecule has 1 saturated heterocycles. The maximum absolute atomic E-state index is 12.6. The number of amides is 1. The van der Waals surface area contributed by atoms with Crippen molar-refractivity contribution in [2.75, 3.05) is 18.8 Å². The Morgan fingerprint density at radius 3 is 2.86 bits per heavy atom. The zero-order chi connectivity index (χ0) is 15.4. The van der Waals surface area contributed by atoms with Gasteiger partial charge in [0.2, 0.25) is 0 Å². The van der Waals surface area contributed by atoms with Gasteiger partial charge in [0.1, 0.15) is 4.88 Å². The summed E-state index contributed by atoms with van der Waals surface area (Å²) in [6, 6.07) is 1.96. The topological polar surface area (TPSA) is 79.5 Å². The second-order valence-corrected chi connectivity index (χ2v) is 7.09. The number of hydrogen-bond donors (Lipinski definition) is 2. The smallest absolute Gasteiger partial charge is 0.266 e. The number of anilines is 1. The highest BCUT2D eigenvalue weighted by molar-refractivity contribution is 7.21. The summed E-state index contributed by atoms with van der Waals surface area (Å²) in [6.45, 7) is 6.52. The lowest BCUT2D eigenvalue weighted by Gasteiger charge is -2.18. The molecule has 3 rings (SSSR count). The van der Waals surface area contributed by atoms with Crippen molar-refractivity contribution >= 4 is 33.0 Å². The van der Waals surface area contributed by atoms with Gasteiger partial charge in [-0.15, -0.1) is 11.3 Å². The zero-order valence-corrected chi connectivity index (χ0v) is 13.3. The summed E-state index contributed by atoms with van der Waals surface area (Å²) in [5.41, 5.74) is 7.67. The van der Waals surface area contributed by atoms with Crippen LogP contribution in [0.3, 0.4) is 0 Å². The second-order valence-electron chi connectivity index (χ2n) is 6.04. The first kappa shape index (κ1) is 14.3. The van der Waals surface area contributed by atoms with Crippen LogP contribution in [0.2, 0.25) is 0 Å². The minimum atomic E-state index is -0.796. The van der Waals surface area contributed by atoms with Gasteiger partial charge in [0.15, 0.2) is 0 Å². The molecule has 6 heteroatoms. The van der Waals surface area contributed by atoms with Gasteiger partial charge in [-0.1, -0.05) is 0 Å². The summed E-state index contributed by atoms with van der Waals surface area (Å²) < 4.78 is 0.992. The number of likely N-dealkylation sites (tertiary alicyclic amines) is 1. The van der Waals surface area contributed by atoms with Gasteiger partial charge < -0.3 is 15.7 Å². The van der Waals surface area contributed by atoms with Gasteiger partial charge in [-0.3, -0.25) is 9.78 Å². The SMILES string of the molecule is Cc1cc2sc(C(=O)N3CCC(C)(O)C3)c(N)c2c(C)n1. The van der Waals surface area contributed by atoms with Crippen molar-refractivity contribution < 1.29 is 9.90 Å². The van der Waals surface area contributed by atoms with E-state index >= 15 is 0 Å². The van der Waals surface area contributed by atoms with Crippen LogP contribution in [0.15, 0.2) is 6.07 Å². The molecule has 112 valence electrons. The van der Waals surface area contributed by atoms with Crippen LogP contribution in [-0.4, -0.2) is 39.6 Å². The van der Waals surface area contributed by atoms with Crippen molar-refractivity contribution in [3.63, 3.8) is 0 Å². The molecule has 1 aliphatic rings. The highest BCUT2D eigenvalue weighted by atomic mass is 32.1. The quantitative estimate of drug-likeness (QED) is 0.845. The maximum atomic E-state index is 12.6. The number of carbonyl (C=O) groups excluding carboxylic acids is 1. The number of hydrogen-bond acceptors (Lipinski definition) is 5. The molecule has 3 N–H and O–H groups in total. The van der Waals surface area contributed by atoms with Gasteiger partial charge in [0, 0.05) is 34.6 Å². The number of aromatic nitrogens is 1. The lowest BCUT2D eigenvalue weighted by Crippen LogP contribution is -2.33. The fourth-order valence-electron chi connectivity index (χ4n) is 2.90. The average molecular weight is 305 g/mol. The third-order valence-electron chi connectivity index (χ3n) is 3.95. The van der Waals surface area contributed by atoms with Crippen molar-refractivity contribution in [3.8, 4) is 0 Å². The van der Waals surface area contributed by atoms with Crippen molar-refractivity contribution in [3.05, 3.63) is 22.3 Å². The van der Waals surface area contributed by atoms with Crippen LogP contribution in [-0.2, 0) is 0 Å². The van der Waals surface area contributed by atoms with Crippen LogP contribution in [0.4, 0.5) is 5.69 Å². The Bertz CT molecular complexity index is 736. The van der Waals surface area contributed by atoms with Gasteiger partial charge in [0.25, 0.3) is 5.91 Å². The molecule has 0 aliphatic carbocycles. The number of β-amino-alcohol motifs (C(OH)–C–C–N with tert-alkyl or cyclic N) is 1. The molecule has 0 aromatic carbocycles. The van der Waals surface area contributed by atoms with Crippen LogP contribution < -0.4 is 5.73 Å². The van der Waals surface area contributed by atoms with Gasteiger partial charge in [0.05, 0.1) is 11.3 Å². The number of fused-ring (bicyclic) bond motifs is 1. The Morgan fingerprint density at radius 2 is 2.24 bits per heavy atom. The molecule has 1 fully saturated rings. The van der Waals surface area contributed by atoms with E-state index in [1.807, 2.05) is 19.9 Å². The highest BCUT2D eigenvalue weighted by Crippen LogP contribution is 2.37. The number of thiophene rings is 1. The van der Waals surface area contributed by atoms with E-state index in [1.54, 1.807) is 11.8 Å². The minimum Gasteiger partial charge on any atom is -0.397 e. The number of carbonyl (C=O) groups is 1. The van der Waals surface area contributed by atoms with E-state index in [2.05, 4.69) is 4.98 Å². The number of nitrogens with zero attached hydrogens (tertiary/aromatic N) is 2. The van der Waals surface area contributed by atoms with Crippen LogP contribution in [0.5, 0.6) is 0 Å². The van der Waals surface area contributed by atoms with E-state index in [0.717, 1.165) is 21.5 Å². The molecular weight excluding hydrogens is 286 g/mol. The molecule has 1 aliphatic heterocycles. The van der Waals surface area contributed by atoms with Crippen LogP contribution >= 0.6 is 11.3 Å². The lowest BCUT2D eigenvalue weighted by atomic mass is 10.1. The van der Waals surface area contributed by atoms with Crippen molar-refractivity contribution in [1.29, 1.82) is 0 Å². The number of rotatable bonds is 1. The predicted molar refractivity (Wildman–Crippen MR) is 84.7 cm³/mol. The molecule has 0 bridgehead atoms. The van der Waals surface area contributed by atoms with Crippen LogP contribution in [0.25, 0.3) is 10.1 Å². The normalized spacial score (nSPS) is 22.2. The first-order valence-electron chi connectivity index (χ1n) is 6.96. The monoisotopic (exact) mass is 305 g/mol. The number of nitrogen functional groups attached to an aromatic ring is 1. The van der Waals surface area contributed by atoms with Gasteiger partial charge in [-0.2, -0.15) is 0 Å². The first-order valence-corrected chi connectivity index (χ1v) is 7.78. The number of pyridine rings is 1. The standard InChI is InChI=1S/C15H19N3O2S/c1-8-6-10-11(9(2)17-8)12(16)13(21-10)14(19)18-5-4-15(3,20)7-18/h6,20H,4-5,7,16H2,1-3H3. The third kappa shape index (κ3) is 2.38. The summed E-state index contributed by atoms with van der Waals surface area (Å²) in [5, 5.41) is 10.9. The molecule has 3 heterocycles. The zero-order valence-electron chi connectivity index (χ0n) is 12.4. The Kier molecular flexibility index (Phi) is 3.18. The van der Waals surface area contributed by atoms with E-state index in [-0.39, 0.29) is 5.91 Å². The molecule has 2 aromatic heterocycles. The minimum absolute atomic E-state index is 0.0940. The molecule has 0 spiro atoms. The van der Waals surface area contributed by atoms with Crippen molar-refractivity contribution in [2.24, 2.45) is 0 Å². The van der Waals surface area contributed by atoms with Crippen LogP contribution in [0, 0.1) is 13.8 Å². The Morgan fingerprint density at radius 1 is 1.52 bits per heavy atom. The van der Waals surface area contributed by atoms with Crippen molar-refractivity contribution in [2.45, 2.75) is 32.8 Å². The summed E-state index contributed by atoms with van der Waals surface area (Å²) >= 11 is 1.41. The average Bonchev–Trinajstić information content (AvgIpc) is 2.89. The molecular formula is C15H19N3O2S. The van der Waals surface area contributed by atoms with Crippen molar-refractivity contribution in [1.82, 2.24) is 9.88 Å². The molecule has 1 unspecified atom stereocenters. The fraction of sp³-hybridized carbons (Fsp3) is 0.467. The number of aryl methyl sites for hydroxylation is 2. The molecule has 0 radical (unpaired) electrons. The van der Waals surface area contributed by atoms with Gasteiger partial charge >= 0.3 is 0 Å². The fourth-order valence-corrected chi connectivity index (χ4v) is 4.14. The summed E-state index contributed by atoms with van der Waals surface area (Å²) in [4.78, 5) is 19.3. The van der Waals surface area contributed by atoms with E-state index in [0.29, 0.717) is 30.1 Å². The summed E-state index contributed by atoms with van der Waals surface area (Å²) in [6.07, 6.45) is 0.600. The Hall–Kier alpha value is -1.66. The summed E-state index contributed by atoms with van der Waals surface area (Å²) in [7, 11) is 0. The molecule has 2 aromatic rings. The molecule has 1 atom stereocenters. The lowest BCUT2D eigenvalue weighted by molar-refractivity contribution is 0.0575. The highest BCUT2D eigenvalue weighted by Gasteiger charge is 2.35. The van der Waals surface area contributed by atoms with Gasteiger partial charge in [-0.25, -0.2) is 0 Å². The molecule has 0 saturated carbocycles. The Balaban J connectivity index is 2.03. The van der Waals surface area contributed by atoms with Gasteiger partial charge in [-0.05, 0) is 33.3 Å². The van der Waals surface area contributed by atoms with E-state index in [1.165, 1.54) is 11.3 Å². The molecule has 1 amide bonds. The van der Waals surface area contributed by atoms with E-state index < -0.39 is 5.60 Å². The van der Waals surface area contributed by atoms with Crippen LogP contribution in [0.1, 0.15) is 34.4 Å². The largest absolute Gasteiger partial charge is 0.397 e. The summed E-state index contributed by atoms with van der Waals surface area (Å²) in [5.74, 6) is -0.0940. The first-order chi connectivity index (χ1) is 9.78. The van der Waals surface area contributed by atoms with E-state index in [4.69, 9.17) is 5.73 Å². The third-order valence-corrected chi connectivity index (χ3v) is 5.09. The predicted octanol–water partition coefficient (Wildman–Crippen LogP) is 2.09. The Labute approximate surface area is 127 Å². The molecule has 5 nitrogen and oxygen atoms in total. The number of nitrogens with two attached hydrogens (primary N) is 1. The number of aliphatic hydroxyl groups is 1. The van der Waals surface area contributed by atoms with E-state index in [9.17, 15) is 9.90 Å². The second kappa shape index (κ2) is 4.68. The maximum Gasteiger partial charge on any atom is 0.266 e. The molecule has 21 heavy (non-hydrogen) atoms.